The van der Waals surface area contributed by atoms with Crippen molar-refractivity contribution >= 4 is 33.7 Å². The van der Waals surface area contributed by atoms with Gasteiger partial charge in [-0.25, -0.2) is 0 Å². The summed E-state index contributed by atoms with van der Waals surface area (Å²) in [6.07, 6.45) is 0.818. The van der Waals surface area contributed by atoms with Crippen LogP contribution in [0.15, 0.2) is 77.2 Å². The van der Waals surface area contributed by atoms with Crippen molar-refractivity contribution < 1.29 is 14.3 Å². The standard InChI is InChI=1S/C26H24ClNO3/c1-2-23(19-7-12-24-20(15-19)16-25(27)31-24)26(17-3-8-21(29)9-4-17)18-5-10-22(11-6-18)30-14-13-28/h3-12,15-16,29H,2,13-14,28H2,1H3/b26-23+. The maximum Gasteiger partial charge on any atom is 0.194 e. The highest BCUT2D eigenvalue weighted by Crippen LogP contribution is 2.37. The van der Waals surface area contributed by atoms with Gasteiger partial charge in [-0.05, 0) is 82.3 Å². The van der Waals surface area contributed by atoms with Crippen molar-refractivity contribution in [3.63, 3.8) is 0 Å². The number of rotatable bonds is 7. The van der Waals surface area contributed by atoms with E-state index in [2.05, 4.69) is 31.2 Å². The van der Waals surface area contributed by atoms with Gasteiger partial charge < -0.3 is 20.0 Å². The highest BCUT2D eigenvalue weighted by Gasteiger charge is 2.15. The zero-order chi connectivity index (χ0) is 21.8. The number of phenolic OH excluding ortho intramolecular Hbond substituents is 1. The Morgan fingerprint density at radius 3 is 2.23 bits per heavy atom. The van der Waals surface area contributed by atoms with E-state index in [-0.39, 0.29) is 5.75 Å². The fourth-order valence-electron chi connectivity index (χ4n) is 3.76. The molecule has 0 unspecified atom stereocenters. The molecule has 4 nitrogen and oxygen atoms in total. The molecule has 1 heterocycles. The largest absolute Gasteiger partial charge is 0.508 e. The second-order valence-electron chi connectivity index (χ2n) is 7.22. The van der Waals surface area contributed by atoms with Crippen LogP contribution in [0.3, 0.4) is 0 Å². The molecular weight excluding hydrogens is 410 g/mol. The summed E-state index contributed by atoms with van der Waals surface area (Å²) >= 11 is 6.05. The molecule has 0 amide bonds. The second-order valence-corrected chi connectivity index (χ2v) is 7.59. The summed E-state index contributed by atoms with van der Waals surface area (Å²) < 4.78 is 11.2. The molecule has 0 saturated carbocycles. The van der Waals surface area contributed by atoms with Crippen LogP contribution in [0.5, 0.6) is 11.5 Å². The first-order valence-electron chi connectivity index (χ1n) is 10.2. The van der Waals surface area contributed by atoms with E-state index in [1.807, 2.05) is 36.4 Å². The third kappa shape index (κ3) is 4.61. The van der Waals surface area contributed by atoms with Gasteiger partial charge in [-0.15, -0.1) is 0 Å². The monoisotopic (exact) mass is 433 g/mol. The molecule has 0 fully saturated rings. The zero-order valence-corrected chi connectivity index (χ0v) is 18.0. The van der Waals surface area contributed by atoms with E-state index in [0.717, 1.165) is 45.4 Å². The van der Waals surface area contributed by atoms with Gasteiger partial charge in [0, 0.05) is 18.0 Å². The maximum absolute atomic E-state index is 9.80. The maximum atomic E-state index is 9.80. The summed E-state index contributed by atoms with van der Waals surface area (Å²) in [6, 6.07) is 23.2. The van der Waals surface area contributed by atoms with Crippen LogP contribution < -0.4 is 10.5 Å². The molecule has 0 aliphatic carbocycles. The minimum atomic E-state index is 0.237. The number of phenols is 1. The molecule has 0 spiro atoms. The van der Waals surface area contributed by atoms with Crippen LogP contribution in [0.4, 0.5) is 0 Å². The molecule has 4 aromatic rings. The fourth-order valence-corrected chi connectivity index (χ4v) is 3.96. The minimum absolute atomic E-state index is 0.237. The highest BCUT2D eigenvalue weighted by atomic mass is 35.5. The molecule has 158 valence electrons. The molecular formula is C26H24ClNO3. The SMILES string of the molecule is CC/C(=C(/c1ccc(O)cc1)c1ccc(OCCN)cc1)c1ccc2oc(Cl)cc2c1. The topological polar surface area (TPSA) is 68.6 Å². The molecule has 0 bridgehead atoms. The molecule has 0 saturated heterocycles. The van der Waals surface area contributed by atoms with E-state index in [1.54, 1.807) is 12.1 Å². The van der Waals surface area contributed by atoms with Gasteiger partial charge in [-0.1, -0.05) is 37.3 Å². The number of hydrogen-bond acceptors (Lipinski definition) is 4. The Morgan fingerprint density at radius 1 is 0.935 bits per heavy atom. The van der Waals surface area contributed by atoms with Crippen LogP contribution in [0, 0.1) is 0 Å². The molecule has 3 aromatic carbocycles. The van der Waals surface area contributed by atoms with E-state index < -0.39 is 0 Å². The third-order valence-electron chi connectivity index (χ3n) is 5.18. The summed E-state index contributed by atoms with van der Waals surface area (Å²) in [5, 5.41) is 11.1. The average molecular weight is 434 g/mol. The van der Waals surface area contributed by atoms with Crippen LogP contribution >= 0.6 is 11.6 Å². The molecule has 0 aliphatic heterocycles. The van der Waals surface area contributed by atoms with Crippen LogP contribution in [-0.2, 0) is 0 Å². The third-order valence-corrected chi connectivity index (χ3v) is 5.36. The van der Waals surface area contributed by atoms with Crippen LogP contribution in [0.2, 0.25) is 5.22 Å². The van der Waals surface area contributed by atoms with Crippen molar-refractivity contribution in [3.8, 4) is 11.5 Å². The summed E-state index contributed by atoms with van der Waals surface area (Å²) in [5.74, 6) is 1.02. The zero-order valence-electron chi connectivity index (χ0n) is 17.3. The summed E-state index contributed by atoms with van der Waals surface area (Å²) in [6.45, 7) is 3.09. The van der Waals surface area contributed by atoms with Crippen molar-refractivity contribution in [2.75, 3.05) is 13.2 Å². The first-order chi connectivity index (χ1) is 15.1. The molecule has 3 N–H and O–H groups in total. The summed E-state index contributed by atoms with van der Waals surface area (Å²) in [7, 11) is 0. The Bertz CT molecular complexity index is 1210. The number of furan rings is 1. The smallest absolute Gasteiger partial charge is 0.194 e. The number of aromatic hydroxyl groups is 1. The highest BCUT2D eigenvalue weighted by molar-refractivity contribution is 6.29. The van der Waals surface area contributed by atoms with Gasteiger partial charge in [0.2, 0.25) is 0 Å². The lowest BCUT2D eigenvalue weighted by molar-refractivity contribution is 0.328. The Morgan fingerprint density at radius 2 is 1.58 bits per heavy atom. The van der Waals surface area contributed by atoms with Gasteiger partial charge in [0.1, 0.15) is 23.7 Å². The number of nitrogens with two attached hydrogens (primary N) is 1. The van der Waals surface area contributed by atoms with Crippen molar-refractivity contribution in [1.82, 2.24) is 0 Å². The van der Waals surface area contributed by atoms with Crippen LogP contribution in [0.25, 0.3) is 22.1 Å². The van der Waals surface area contributed by atoms with Gasteiger partial charge in [-0.3, -0.25) is 0 Å². The second kappa shape index (κ2) is 9.29. The number of ether oxygens (including phenoxy) is 1. The lowest BCUT2D eigenvalue weighted by Crippen LogP contribution is -2.10. The number of allylic oxidation sites excluding steroid dienone is 1. The van der Waals surface area contributed by atoms with E-state index in [0.29, 0.717) is 18.4 Å². The van der Waals surface area contributed by atoms with Crippen molar-refractivity contribution in [2.45, 2.75) is 13.3 Å². The Labute approximate surface area is 186 Å². The lowest BCUT2D eigenvalue weighted by atomic mass is 9.88. The van der Waals surface area contributed by atoms with Gasteiger partial charge in [-0.2, -0.15) is 0 Å². The van der Waals surface area contributed by atoms with Crippen LogP contribution in [-0.4, -0.2) is 18.3 Å². The van der Waals surface area contributed by atoms with Gasteiger partial charge in [0.15, 0.2) is 5.22 Å². The Kier molecular flexibility index (Phi) is 6.31. The number of hydrogen-bond donors (Lipinski definition) is 2. The van der Waals surface area contributed by atoms with E-state index in [4.69, 9.17) is 26.5 Å². The minimum Gasteiger partial charge on any atom is -0.508 e. The lowest BCUT2D eigenvalue weighted by Gasteiger charge is -2.17. The van der Waals surface area contributed by atoms with Crippen molar-refractivity contribution in [3.05, 3.63) is 94.7 Å². The molecule has 0 aliphatic rings. The van der Waals surface area contributed by atoms with E-state index in [9.17, 15) is 5.11 Å². The Hall–Kier alpha value is -3.21. The van der Waals surface area contributed by atoms with E-state index >= 15 is 0 Å². The van der Waals surface area contributed by atoms with Crippen molar-refractivity contribution in [2.24, 2.45) is 5.73 Å². The molecule has 5 heteroatoms. The van der Waals surface area contributed by atoms with Crippen LogP contribution in [0.1, 0.15) is 30.0 Å². The molecule has 1 aromatic heterocycles. The Balaban J connectivity index is 1.88. The van der Waals surface area contributed by atoms with Gasteiger partial charge in [0.25, 0.3) is 0 Å². The number of fused-ring (bicyclic) bond motifs is 1. The molecule has 0 radical (unpaired) electrons. The summed E-state index contributed by atoms with van der Waals surface area (Å²) in [5.41, 5.74) is 11.8. The fraction of sp³-hybridized carbons (Fsp3) is 0.154. The van der Waals surface area contributed by atoms with E-state index in [1.165, 1.54) is 5.57 Å². The molecule has 0 atom stereocenters. The van der Waals surface area contributed by atoms with Gasteiger partial charge >= 0.3 is 0 Å². The average Bonchev–Trinajstić information content (AvgIpc) is 3.16. The molecule has 31 heavy (non-hydrogen) atoms. The normalized spacial score (nSPS) is 12.1. The molecule has 4 rings (SSSR count). The first kappa shape index (κ1) is 21.0. The van der Waals surface area contributed by atoms with Crippen molar-refractivity contribution in [1.29, 1.82) is 0 Å². The van der Waals surface area contributed by atoms with Gasteiger partial charge in [0.05, 0.1) is 0 Å². The predicted octanol–water partition coefficient (Wildman–Crippen LogP) is 6.50. The predicted molar refractivity (Wildman–Crippen MR) is 127 cm³/mol. The number of halogens is 1. The summed E-state index contributed by atoms with van der Waals surface area (Å²) in [4.78, 5) is 0. The number of benzene rings is 3. The quantitative estimate of drug-likeness (QED) is 0.326. The first-order valence-corrected chi connectivity index (χ1v) is 10.6.